The van der Waals surface area contributed by atoms with E-state index in [1.165, 1.54) is 0 Å². The summed E-state index contributed by atoms with van der Waals surface area (Å²) < 4.78 is 5.38. The number of carbonyl (C=O) groups is 1. The van der Waals surface area contributed by atoms with Gasteiger partial charge in [0.15, 0.2) is 0 Å². The molecule has 9 nitrogen and oxygen atoms in total. The lowest BCUT2D eigenvalue weighted by Gasteiger charge is -2.23. The van der Waals surface area contributed by atoms with Crippen molar-refractivity contribution < 1.29 is 9.53 Å². The van der Waals surface area contributed by atoms with Gasteiger partial charge in [-0.25, -0.2) is 15.0 Å². The van der Waals surface area contributed by atoms with Crippen LogP contribution in [0.15, 0.2) is 54.7 Å². The van der Waals surface area contributed by atoms with Crippen molar-refractivity contribution in [3.8, 4) is 17.0 Å². The fourth-order valence-corrected chi connectivity index (χ4v) is 3.73. The molecule has 2 heterocycles. The Morgan fingerprint density at radius 1 is 1.21 bits per heavy atom. The van der Waals surface area contributed by atoms with Gasteiger partial charge in [0.25, 0.3) is 0 Å². The highest BCUT2D eigenvalue weighted by Crippen LogP contribution is 2.25. The minimum atomic E-state index is 0.0000625. The van der Waals surface area contributed by atoms with Crippen molar-refractivity contribution in [2.24, 2.45) is 0 Å². The maximum atomic E-state index is 12.6. The summed E-state index contributed by atoms with van der Waals surface area (Å²) in [5, 5.41) is 3.06. The van der Waals surface area contributed by atoms with E-state index in [-0.39, 0.29) is 18.4 Å². The predicted octanol–water partition coefficient (Wildman–Crippen LogP) is 2.90. The molecule has 1 aliphatic carbocycles. The number of aromatic nitrogens is 4. The molecule has 0 radical (unpaired) electrons. The Morgan fingerprint density at radius 3 is 2.88 bits per heavy atom. The lowest BCUT2D eigenvalue weighted by atomic mass is 10.1. The Labute approximate surface area is 191 Å². The highest BCUT2D eigenvalue weighted by molar-refractivity contribution is 5.83. The average Bonchev–Trinajstić information content (AvgIpc) is 3.54. The maximum Gasteiger partial charge on any atom is 0.239 e. The van der Waals surface area contributed by atoms with Crippen molar-refractivity contribution in [2.75, 3.05) is 24.3 Å². The van der Waals surface area contributed by atoms with Crippen molar-refractivity contribution >= 4 is 28.6 Å². The third-order valence-electron chi connectivity index (χ3n) is 5.54. The van der Waals surface area contributed by atoms with Gasteiger partial charge in [0.05, 0.1) is 36.9 Å². The smallest absolute Gasteiger partial charge is 0.239 e. The van der Waals surface area contributed by atoms with E-state index in [4.69, 9.17) is 15.5 Å². The third kappa shape index (κ3) is 4.87. The number of benzene rings is 2. The number of nitrogen functional groups attached to an aromatic ring is 1. The summed E-state index contributed by atoms with van der Waals surface area (Å²) >= 11 is 0. The molecule has 0 bridgehead atoms. The van der Waals surface area contributed by atoms with E-state index in [1.807, 2.05) is 53.4 Å². The van der Waals surface area contributed by atoms with Gasteiger partial charge in [-0.2, -0.15) is 0 Å². The normalized spacial score (nSPS) is 13.1. The summed E-state index contributed by atoms with van der Waals surface area (Å²) in [4.78, 5) is 30.9. The number of fused-ring (bicyclic) bond motifs is 1. The lowest BCUT2D eigenvalue weighted by Crippen LogP contribution is -2.38. The van der Waals surface area contributed by atoms with E-state index in [1.54, 1.807) is 13.3 Å². The van der Waals surface area contributed by atoms with Crippen LogP contribution in [0.2, 0.25) is 0 Å². The topological polar surface area (TPSA) is 122 Å². The van der Waals surface area contributed by atoms with Gasteiger partial charge in [0, 0.05) is 29.6 Å². The first-order chi connectivity index (χ1) is 16.1. The van der Waals surface area contributed by atoms with Crippen LogP contribution < -0.4 is 20.7 Å². The number of aromatic amines is 1. The van der Waals surface area contributed by atoms with Gasteiger partial charge in [0.1, 0.15) is 11.6 Å². The van der Waals surface area contributed by atoms with Gasteiger partial charge in [-0.15, -0.1) is 0 Å². The van der Waals surface area contributed by atoms with E-state index in [9.17, 15) is 4.79 Å². The zero-order chi connectivity index (χ0) is 22.8. The molecule has 9 heteroatoms. The van der Waals surface area contributed by atoms with Gasteiger partial charge >= 0.3 is 0 Å². The molecule has 1 saturated carbocycles. The number of ether oxygens (including phenoxy) is 1. The van der Waals surface area contributed by atoms with E-state index in [2.05, 4.69) is 20.3 Å². The Balaban J connectivity index is 1.42. The van der Waals surface area contributed by atoms with Crippen LogP contribution in [0.5, 0.6) is 5.75 Å². The summed E-state index contributed by atoms with van der Waals surface area (Å²) in [6.45, 7) is 0.669. The van der Waals surface area contributed by atoms with E-state index in [0.717, 1.165) is 52.4 Å². The van der Waals surface area contributed by atoms with Crippen LogP contribution in [0.3, 0.4) is 0 Å². The summed E-state index contributed by atoms with van der Waals surface area (Å²) in [5.41, 5.74) is 10.00. The second-order valence-electron chi connectivity index (χ2n) is 8.11. The van der Waals surface area contributed by atoms with Crippen LogP contribution in [0.25, 0.3) is 22.3 Å². The number of imidazole rings is 1. The molecule has 4 aromatic rings. The first-order valence-electron chi connectivity index (χ1n) is 10.8. The first-order valence-corrected chi connectivity index (χ1v) is 10.8. The van der Waals surface area contributed by atoms with Gasteiger partial charge < -0.3 is 25.7 Å². The molecule has 0 atom stereocenters. The number of anilines is 2. The fraction of sp³-hybridized carbons (Fsp3) is 0.250. The minimum Gasteiger partial charge on any atom is -0.497 e. The molecule has 0 saturated heterocycles. The van der Waals surface area contributed by atoms with Gasteiger partial charge in [0.2, 0.25) is 11.9 Å². The van der Waals surface area contributed by atoms with Crippen LogP contribution >= 0.6 is 0 Å². The summed E-state index contributed by atoms with van der Waals surface area (Å²) in [6, 6.07) is 15.7. The van der Waals surface area contributed by atoms with Crippen LogP contribution in [-0.2, 0) is 11.3 Å². The van der Waals surface area contributed by atoms with Gasteiger partial charge in [-0.1, -0.05) is 12.1 Å². The number of nitrogens with zero attached hydrogens (tertiary/aromatic N) is 4. The minimum absolute atomic E-state index is 0.0000625. The largest absolute Gasteiger partial charge is 0.497 e. The van der Waals surface area contributed by atoms with Gasteiger partial charge in [-0.3, -0.25) is 4.79 Å². The Kier molecular flexibility index (Phi) is 5.52. The maximum absolute atomic E-state index is 12.6. The zero-order valence-corrected chi connectivity index (χ0v) is 18.3. The van der Waals surface area contributed by atoms with Crippen LogP contribution in [-0.4, -0.2) is 45.5 Å². The van der Waals surface area contributed by atoms with Crippen LogP contribution in [0.4, 0.5) is 11.6 Å². The summed E-state index contributed by atoms with van der Waals surface area (Å²) in [6.07, 6.45) is 3.74. The number of carbonyl (C=O) groups excluding carboxylic acids is 1. The molecule has 0 spiro atoms. The number of nitrogens with two attached hydrogens (primary N) is 1. The fourth-order valence-electron chi connectivity index (χ4n) is 3.73. The molecule has 1 fully saturated rings. The number of hydrogen-bond donors (Lipinski definition) is 3. The molecule has 2 aromatic carbocycles. The average molecular weight is 444 g/mol. The number of nitrogens with one attached hydrogen (secondary N) is 2. The number of hydrogen-bond acceptors (Lipinski definition) is 7. The van der Waals surface area contributed by atoms with E-state index >= 15 is 0 Å². The van der Waals surface area contributed by atoms with Crippen molar-refractivity contribution in [3.05, 3.63) is 60.6 Å². The van der Waals surface area contributed by atoms with Crippen molar-refractivity contribution in [1.82, 2.24) is 25.3 Å². The summed E-state index contributed by atoms with van der Waals surface area (Å²) in [5.74, 6) is 1.72. The van der Waals surface area contributed by atoms with E-state index in [0.29, 0.717) is 12.6 Å². The molecule has 4 N–H and O–H groups in total. The molecule has 168 valence electrons. The Hall–Kier alpha value is -4.14. The van der Waals surface area contributed by atoms with E-state index < -0.39 is 0 Å². The van der Waals surface area contributed by atoms with Crippen LogP contribution in [0, 0.1) is 0 Å². The van der Waals surface area contributed by atoms with Crippen molar-refractivity contribution in [3.63, 3.8) is 0 Å². The standard InChI is InChI=1S/C24H25N7O2/c1-33-18-4-2-3-17(12-18)31(14-23(32)27-16-6-7-16)13-22-28-20-8-5-15(11-21(20)29-22)19-9-10-26-24(25)30-19/h2-5,8-12,16H,6-7,13-14H2,1H3,(H,27,32)(H,28,29)(H2,25,26,30). The van der Waals surface area contributed by atoms with Gasteiger partial charge in [-0.05, 0) is 43.2 Å². The highest BCUT2D eigenvalue weighted by Gasteiger charge is 2.24. The number of H-pyrrole nitrogens is 1. The molecule has 2 aromatic heterocycles. The van der Waals surface area contributed by atoms with Crippen LogP contribution in [0.1, 0.15) is 18.7 Å². The SMILES string of the molecule is COc1cccc(N(CC(=O)NC2CC2)Cc2nc3ccc(-c4ccnc(N)n4)cc3[nH]2)c1. The molecule has 1 aliphatic rings. The number of methoxy groups -OCH3 is 1. The molecular weight excluding hydrogens is 418 g/mol. The second-order valence-corrected chi connectivity index (χ2v) is 8.11. The number of amides is 1. The quantitative estimate of drug-likeness (QED) is 0.383. The lowest BCUT2D eigenvalue weighted by molar-refractivity contribution is -0.119. The number of rotatable bonds is 8. The highest BCUT2D eigenvalue weighted by atomic mass is 16.5. The predicted molar refractivity (Wildman–Crippen MR) is 127 cm³/mol. The zero-order valence-electron chi connectivity index (χ0n) is 18.3. The Morgan fingerprint density at radius 2 is 2.09 bits per heavy atom. The monoisotopic (exact) mass is 443 g/mol. The molecule has 5 rings (SSSR count). The Bertz CT molecular complexity index is 1300. The molecule has 33 heavy (non-hydrogen) atoms. The third-order valence-corrected chi connectivity index (χ3v) is 5.54. The van der Waals surface area contributed by atoms with Crippen molar-refractivity contribution in [1.29, 1.82) is 0 Å². The first kappa shape index (κ1) is 20.7. The molecule has 1 amide bonds. The second kappa shape index (κ2) is 8.78. The molecular formula is C24H25N7O2. The summed E-state index contributed by atoms with van der Waals surface area (Å²) in [7, 11) is 1.63. The molecule has 0 aliphatic heterocycles. The van der Waals surface area contributed by atoms with Crippen molar-refractivity contribution in [2.45, 2.75) is 25.4 Å². The molecule has 0 unspecified atom stereocenters.